The molecule has 108 valence electrons. The van der Waals surface area contributed by atoms with E-state index in [4.69, 9.17) is 5.41 Å². The second-order valence-corrected chi connectivity index (χ2v) is 4.53. The molecule has 0 saturated carbocycles. The Balaban J connectivity index is 1.89. The fraction of sp³-hybridized carbons (Fsp3) is 0.0625. The van der Waals surface area contributed by atoms with Crippen LogP contribution in [0.5, 0.6) is 0 Å². The molecule has 2 aromatic rings. The highest BCUT2D eigenvalue weighted by Gasteiger charge is 2.10. The minimum Gasteiger partial charge on any atom is -0.307 e. The van der Waals surface area contributed by atoms with Gasteiger partial charge >= 0.3 is 0 Å². The van der Waals surface area contributed by atoms with E-state index in [1.165, 1.54) is 6.21 Å². The molecule has 1 aliphatic heterocycles. The highest BCUT2D eigenvalue weighted by Crippen LogP contribution is 2.23. The molecule has 0 atom stereocenters. The van der Waals surface area contributed by atoms with Gasteiger partial charge in [-0.25, -0.2) is 9.50 Å². The van der Waals surface area contributed by atoms with E-state index in [1.54, 1.807) is 23.0 Å². The van der Waals surface area contributed by atoms with E-state index in [1.807, 2.05) is 36.8 Å². The standard InChI is InChI=1S/C16H14N6/c17-6-10-18-8-5-14-3-2-13(4-9-19-14)15-12-21-22-11-1-7-20-16(15)22/h1-3,5-12,17H,4H2/b8-5+,17-6?,18-10?. The van der Waals surface area contributed by atoms with Crippen LogP contribution in [0.2, 0.25) is 0 Å². The molecule has 2 aromatic heterocycles. The molecule has 6 nitrogen and oxygen atoms in total. The van der Waals surface area contributed by atoms with Gasteiger partial charge in [0.1, 0.15) is 0 Å². The molecule has 0 aromatic carbocycles. The van der Waals surface area contributed by atoms with Crippen LogP contribution in [0.1, 0.15) is 12.0 Å². The van der Waals surface area contributed by atoms with Gasteiger partial charge in [0.25, 0.3) is 0 Å². The summed E-state index contributed by atoms with van der Waals surface area (Å²) in [6.07, 6.45) is 17.9. The van der Waals surface area contributed by atoms with Crippen LogP contribution in [-0.4, -0.2) is 33.2 Å². The van der Waals surface area contributed by atoms with Crippen molar-refractivity contribution in [3.8, 4) is 0 Å². The molecule has 0 unspecified atom stereocenters. The average molecular weight is 290 g/mol. The van der Waals surface area contributed by atoms with Gasteiger partial charge in [-0.05, 0) is 23.8 Å². The van der Waals surface area contributed by atoms with Gasteiger partial charge in [-0.2, -0.15) is 5.10 Å². The number of hydrogen-bond acceptors (Lipinski definition) is 5. The Kier molecular flexibility index (Phi) is 4.10. The van der Waals surface area contributed by atoms with E-state index in [0.717, 1.165) is 35.1 Å². The van der Waals surface area contributed by atoms with Gasteiger partial charge in [-0.15, -0.1) is 0 Å². The second-order valence-electron chi connectivity index (χ2n) is 4.53. The Morgan fingerprint density at radius 2 is 2.27 bits per heavy atom. The van der Waals surface area contributed by atoms with Gasteiger partial charge < -0.3 is 5.41 Å². The van der Waals surface area contributed by atoms with Gasteiger partial charge in [-0.1, -0.05) is 6.08 Å². The summed E-state index contributed by atoms with van der Waals surface area (Å²) >= 11 is 0. The molecule has 0 aliphatic carbocycles. The number of hydrogen-bond donors (Lipinski definition) is 1. The maximum atomic E-state index is 6.86. The minimum atomic E-state index is 0.718. The normalized spacial score (nSPS) is 15.3. The van der Waals surface area contributed by atoms with Crippen molar-refractivity contribution in [2.24, 2.45) is 9.98 Å². The molecule has 0 amide bonds. The van der Waals surface area contributed by atoms with E-state index in [9.17, 15) is 0 Å². The van der Waals surface area contributed by atoms with Crippen LogP contribution < -0.4 is 0 Å². The lowest BCUT2D eigenvalue weighted by Crippen LogP contribution is -1.90. The lowest BCUT2D eigenvalue weighted by Gasteiger charge is -1.99. The molecule has 6 heteroatoms. The Morgan fingerprint density at radius 1 is 1.32 bits per heavy atom. The number of allylic oxidation sites excluding steroid dienone is 4. The summed E-state index contributed by atoms with van der Waals surface area (Å²) in [5, 5.41) is 11.2. The van der Waals surface area contributed by atoms with Gasteiger partial charge in [0.05, 0.1) is 11.9 Å². The van der Waals surface area contributed by atoms with Crippen molar-refractivity contribution in [1.82, 2.24) is 14.6 Å². The van der Waals surface area contributed by atoms with Crippen molar-refractivity contribution in [3.63, 3.8) is 0 Å². The summed E-state index contributed by atoms with van der Waals surface area (Å²) in [6.45, 7) is 0. The first kappa shape index (κ1) is 13.8. The average Bonchev–Trinajstić information content (AvgIpc) is 2.84. The molecular formula is C16H14N6. The number of fused-ring (bicyclic) bond motifs is 1. The molecule has 1 N–H and O–H groups in total. The highest BCUT2D eigenvalue weighted by atomic mass is 15.2. The number of nitrogens with one attached hydrogen (secondary N) is 1. The molecule has 0 saturated heterocycles. The number of aliphatic imine (C=N–C) groups is 2. The van der Waals surface area contributed by atoms with Crippen molar-refractivity contribution in [1.29, 1.82) is 5.41 Å². The fourth-order valence-corrected chi connectivity index (χ4v) is 2.11. The predicted molar refractivity (Wildman–Crippen MR) is 88.6 cm³/mol. The summed E-state index contributed by atoms with van der Waals surface area (Å²) in [6, 6.07) is 1.85. The summed E-state index contributed by atoms with van der Waals surface area (Å²) in [5.41, 5.74) is 3.77. The van der Waals surface area contributed by atoms with Crippen LogP contribution >= 0.6 is 0 Å². The zero-order chi connectivity index (χ0) is 15.2. The monoisotopic (exact) mass is 290 g/mol. The van der Waals surface area contributed by atoms with Crippen molar-refractivity contribution >= 4 is 29.9 Å². The lowest BCUT2D eigenvalue weighted by molar-refractivity contribution is 0.939. The summed E-state index contributed by atoms with van der Waals surface area (Å²) < 4.78 is 1.76. The molecule has 0 bridgehead atoms. The van der Waals surface area contributed by atoms with E-state index >= 15 is 0 Å². The molecule has 3 rings (SSSR count). The molecule has 22 heavy (non-hydrogen) atoms. The van der Waals surface area contributed by atoms with Crippen molar-refractivity contribution in [2.75, 3.05) is 0 Å². The molecule has 0 fully saturated rings. The summed E-state index contributed by atoms with van der Waals surface area (Å²) in [4.78, 5) is 12.7. The van der Waals surface area contributed by atoms with Crippen molar-refractivity contribution in [3.05, 3.63) is 60.3 Å². The van der Waals surface area contributed by atoms with Crippen LogP contribution in [0.4, 0.5) is 0 Å². The van der Waals surface area contributed by atoms with Gasteiger partial charge in [0, 0.05) is 49.2 Å². The van der Waals surface area contributed by atoms with Crippen LogP contribution in [0.25, 0.3) is 11.2 Å². The first-order valence-corrected chi connectivity index (χ1v) is 6.79. The third-order valence-electron chi connectivity index (χ3n) is 3.12. The molecule has 0 spiro atoms. The number of aromatic nitrogens is 3. The zero-order valence-corrected chi connectivity index (χ0v) is 11.8. The van der Waals surface area contributed by atoms with Crippen LogP contribution in [0, 0.1) is 5.41 Å². The van der Waals surface area contributed by atoms with Gasteiger partial charge in [-0.3, -0.25) is 9.98 Å². The Morgan fingerprint density at radius 3 is 3.18 bits per heavy atom. The zero-order valence-electron chi connectivity index (χ0n) is 11.8. The molecule has 1 aliphatic rings. The Bertz CT molecular complexity index is 835. The lowest BCUT2D eigenvalue weighted by atomic mass is 10.1. The number of rotatable bonds is 4. The number of nitrogens with zero attached hydrogens (tertiary/aromatic N) is 5. The SMILES string of the molecule is N=CC=N/C=C/C1=CC=C(c2cnn3cccnc23)CC=N1. The predicted octanol–water partition coefficient (Wildman–Crippen LogP) is 2.71. The Hall–Kier alpha value is -3.15. The Labute approximate surface area is 127 Å². The van der Waals surface area contributed by atoms with Gasteiger partial charge in [0.2, 0.25) is 0 Å². The van der Waals surface area contributed by atoms with E-state index in [2.05, 4.69) is 20.1 Å². The third-order valence-corrected chi connectivity index (χ3v) is 3.12. The topological polar surface area (TPSA) is 78.8 Å². The first-order valence-electron chi connectivity index (χ1n) is 6.79. The summed E-state index contributed by atoms with van der Waals surface area (Å²) in [7, 11) is 0. The largest absolute Gasteiger partial charge is 0.307 e. The van der Waals surface area contributed by atoms with Crippen LogP contribution in [0.15, 0.2) is 64.8 Å². The quantitative estimate of drug-likeness (QED) is 0.879. The first-order chi connectivity index (χ1) is 10.9. The van der Waals surface area contributed by atoms with Crippen molar-refractivity contribution in [2.45, 2.75) is 6.42 Å². The maximum Gasteiger partial charge on any atom is 0.162 e. The van der Waals surface area contributed by atoms with E-state index in [0.29, 0.717) is 0 Å². The smallest absolute Gasteiger partial charge is 0.162 e. The van der Waals surface area contributed by atoms with E-state index < -0.39 is 0 Å². The molecule has 3 heterocycles. The second kappa shape index (κ2) is 6.53. The molecule has 0 radical (unpaired) electrons. The van der Waals surface area contributed by atoms with Crippen LogP contribution in [0.3, 0.4) is 0 Å². The van der Waals surface area contributed by atoms with Gasteiger partial charge in [0.15, 0.2) is 5.65 Å². The van der Waals surface area contributed by atoms with Crippen molar-refractivity contribution < 1.29 is 0 Å². The summed E-state index contributed by atoms with van der Waals surface area (Å²) in [5.74, 6) is 0. The third kappa shape index (κ3) is 2.95. The van der Waals surface area contributed by atoms with E-state index in [-0.39, 0.29) is 0 Å². The van der Waals surface area contributed by atoms with Crippen LogP contribution in [-0.2, 0) is 0 Å². The highest BCUT2D eigenvalue weighted by molar-refractivity contribution is 6.14. The minimum absolute atomic E-state index is 0.718. The maximum absolute atomic E-state index is 6.86. The fourth-order valence-electron chi connectivity index (χ4n) is 2.11. The molecular weight excluding hydrogens is 276 g/mol.